The van der Waals surface area contributed by atoms with Crippen molar-refractivity contribution >= 4 is 17.3 Å². The number of thiophene rings is 1. The van der Waals surface area contributed by atoms with E-state index in [1.165, 1.54) is 9.75 Å². The summed E-state index contributed by atoms with van der Waals surface area (Å²) in [6.45, 7) is 8.95. The second-order valence-corrected chi connectivity index (χ2v) is 7.61. The Morgan fingerprint density at radius 2 is 2.08 bits per heavy atom. The van der Waals surface area contributed by atoms with Crippen LogP contribution in [0.4, 0.5) is 0 Å². The second kappa shape index (κ2) is 8.85. The van der Waals surface area contributed by atoms with E-state index >= 15 is 0 Å². The van der Waals surface area contributed by atoms with Crippen molar-refractivity contribution < 1.29 is 4.74 Å². The van der Waals surface area contributed by atoms with Gasteiger partial charge in [0.1, 0.15) is 5.75 Å². The number of hydrogen-bond acceptors (Lipinski definition) is 4. The van der Waals surface area contributed by atoms with Crippen LogP contribution in [0.1, 0.15) is 33.5 Å². The van der Waals surface area contributed by atoms with Crippen LogP contribution in [0.15, 0.2) is 23.3 Å². The molecule has 0 aromatic carbocycles. The molecule has 0 aliphatic heterocycles. The molecule has 2 rings (SSSR count). The van der Waals surface area contributed by atoms with Gasteiger partial charge in [-0.15, -0.1) is 11.3 Å². The molecule has 0 radical (unpaired) electrons. The number of nitrogens with zero attached hydrogens (tertiary/aromatic N) is 2. The van der Waals surface area contributed by atoms with Crippen molar-refractivity contribution in [3.05, 3.63) is 44.9 Å². The minimum absolute atomic E-state index is 0.297. The van der Waals surface area contributed by atoms with Gasteiger partial charge in [-0.2, -0.15) is 0 Å². The molecular weight excluding hydrogens is 332 g/mol. The molecule has 1 atom stereocenters. The first kappa shape index (κ1) is 19.2. The van der Waals surface area contributed by atoms with E-state index in [1.807, 2.05) is 31.4 Å². The van der Waals surface area contributed by atoms with Crippen LogP contribution in [0.5, 0.6) is 5.75 Å². The lowest BCUT2D eigenvalue weighted by atomic mass is 10.1. The van der Waals surface area contributed by atoms with Crippen LogP contribution in [0, 0.1) is 20.8 Å². The number of aryl methyl sites for hydroxylation is 2. The molecule has 0 saturated heterocycles. The largest absolute Gasteiger partial charge is 0.496 e. The van der Waals surface area contributed by atoms with Crippen LogP contribution in [0.25, 0.3) is 0 Å². The quantitative estimate of drug-likeness (QED) is 0.612. The fourth-order valence-electron chi connectivity index (χ4n) is 2.79. The highest BCUT2D eigenvalue weighted by Crippen LogP contribution is 2.23. The van der Waals surface area contributed by atoms with Gasteiger partial charge in [-0.05, 0) is 39.8 Å². The van der Waals surface area contributed by atoms with Crippen molar-refractivity contribution in [1.82, 2.24) is 15.6 Å². The number of methoxy groups -OCH3 is 1. The number of pyridine rings is 1. The molecule has 0 amide bonds. The van der Waals surface area contributed by atoms with Crippen LogP contribution in [0.2, 0.25) is 0 Å². The summed E-state index contributed by atoms with van der Waals surface area (Å²) < 4.78 is 5.47. The molecule has 0 aliphatic carbocycles. The zero-order valence-corrected chi connectivity index (χ0v) is 16.8. The van der Waals surface area contributed by atoms with Gasteiger partial charge in [-0.25, -0.2) is 0 Å². The molecule has 0 aliphatic rings. The Morgan fingerprint density at radius 3 is 2.68 bits per heavy atom. The number of hydrogen-bond donors (Lipinski definition) is 2. The third-order valence-electron chi connectivity index (χ3n) is 4.08. The van der Waals surface area contributed by atoms with E-state index in [0.717, 1.165) is 35.0 Å². The van der Waals surface area contributed by atoms with Gasteiger partial charge in [-0.3, -0.25) is 9.98 Å². The highest BCUT2D eigenvalue weighted by atomic mass is 32.1. The molecule has 2 N–H and O–H groups in total. The van der Waals surface area contributed by atoms with Crippen molar-refractivity contribution in [2.45, 2.75) is 46.7 Å². The van der Waals surface area contributed by atoms with Gasteiger partial charge in [0.2, 0.25) is 0 Å². The van der Waals surface area contributed by atoms with Crippen molar-refractivity contribution in [1.29, 1.82) is 0 Å². The Balaban J connectivity index is 1.94. The second-order valence-electron chi connectivity index (χ2n) is 6.23. The normalized spacial score (nSPS) is 12.8. The molecule has 25 heavy (non-hydrogen) atoms. The van der Waals surface area contributed by atoms with Crippen molar-refractivity contribution in [3.8, 4) is 5.75 Å². The first-order chi connectivity index (χ1) is 11.9. The molecule has 5 nitrogen and oxygen atoms in total. The van der Waals surface area contributed by atoms with E-state index < -0.39 is 0 Å². The highest BCUT2D eigenvalue weighted by Gasteiger charge is 2.11. The van der Waals surface area contributed by atoms with E-state index in [-0.39, 0.29) is 0 Å². The Hall–Kier alpha value is -2.08. The van der Waals surface area contributed by atoms with Gasteiger partial charge in [0.05, 0.1) is 19.3 Å². The Kier molecular flexibility index (Phi) is 6.82. The van der Waals surface area contributed by atoms with Gasteiger partial charge in [-0.1, -0.05) is 0 Å². The van der Waals surface area contributed by atoms with E-state index in [1.54, 1.807) is 14.2 Å². The van der Waals surface area contributed by atoms with Crippen LogP contribution in [-0.2, 0) is 13.0 Å². The third kappa shape index (κ3) is 5.19. The summed E-state index contributed by atoms with van der Waals surface area (Å²) in [5.41, 5.74) is 3.07. The number of nitrogens with one attached hydrogen (secondary N) is 2. The number of aliphatic imine (C=N–C) groups is 1. The molecule has 0 bridgehead atoms. The van der Waals surface area contributed by atoms with Crippen molar-refractivity contribution in [2.75, 3.05) is 14.2 Å². The lowest BCUT2D eigenvalue weighted by molar-refractivity contribution is 0.406. The van der Waals surface area contributed by atoms with Crippen LogP contribution < -0.4 is 15.4 Å². The third-order valence-corrected chi connectivity index (χ3v) is 5.11. The monoisotopic (exact) mass is 360 g/mol. The predicted molar refractivity (Wildman–Crippen MR) is 106 cm³/mol. The maximum absolute atomic E-state index is 5.47. The minimum atomic E-state index is 0.297. The van der Waals surface area contributed by atoms with E-state index in [2.05, 4.69) is 46.6 Å². The van der Waals surface area contributed by atoms with Crippen molar-refractivity contribution in [3.63, 3.8) is 0 Å². The van der Waals surface area contributed by atoms with Crippen molar-refractivity contribution in [2.24, 2.45) is 4.99 Å². The summed E-state index contributed by atoms with van der Waals surface area (Å²) in [4.78, 5) is 11.6. The Labute approximate surface area is 154 Å². The maximum Gasteiger partial charge on any atom is 0.191 e. The Bertz CT molecular complexity index is 739. The topological polar surface area (TPSA) is 58.5 Å². The standard InChI is InChI=1S/C19H28N4OS/c1-12-10-21-17(15(4)18(12)24-6)11-22-19(20-5)23-13(2)9-16-8-7-14(3)25-16/h7-8,10,13H,9,11H2,1-6H3,(H2,20,22,23). The van der Waals surface area contributed by atoms with Gasteiger partial charge in [0.25, 0.3) is 0 Å². The molecule has 1 unspecified atom stereocenters. The molecule has 6 heteroatoms. The van der Waals surface area contributed by atoms with Crippen LogP contribution in [-0.4, -0.2) is 31.1 Å². The smallest absolute Gasteiger partial charge is 0.191 e. The summed E-state index contributed by atoms with van der Waals surface area (Å²) in [5, 5.41) is 6.78. The number of rotatable bonds is 6. The van der Waals surface area contributed by atoms with Gasteiger partial charge in [0, 0.05) is 46.6 Å². The predicted octanol–water partition coefficient (Wildman–Crippen LogP) is 3.37. The average Bonchev–Trinajstić information content (AvgIpc) is 2.98. The molecule has 2 aromatic heterocycles. The van der Waals surface area contributed by atoms with E-state index in [0.29, 0.717) is 12.6 Å². The Morgan fingerprint density at radius 1 is 1.32 bits per heavy atom. The van der Waals surface area contributed by atoms with Crippen LogP contribution >= 0.6 is 11.3 Å². The molecule has 0 saturated carbocycles. The first-order valence-corrected chi connectivity index (χ1v) is 9.27. The molecule has 0 fully saturated rings. The molecule has 0 spiro atoms. The molecular formula is C19H28N4OS. The minimum Gasteiger partial charge on any atom is -0.496 e. The number of guanidine groups is 1. The van der Waals surface area contributed by atoms with Gasteiger partial charge in [0.15, 0.2) is 5.96 Å². The molecule has 2 heterocycles. The summed E-state index contributed by atoms with van der Waals surface area (Å²) in [6.07, 6.45) is 2.83. The zero-order chi connectivity index (χ0) is 18.4. The first-order valence-electron chi connectivity index (χ1n) is 8.46. The fourth-order valence-corrected chi connectivity index (χ4v) is 3.81. The fraction of sp³-hybridized carbons (Fsp3) is 0.474. The molecule has 2 aromatic rings. The van der Waals surface area contributed by atoms with Crippen LogP contribution in [0.3, 0.4) is 0 Å². The average molecular weight is 361 g/mol. The highest BCUT2D eigenvalue weighted by molar-refractivity contribution is 7.11. The lowest BCUT2D eigenvalue weighted by Crippen LogP contribution is -2.42. The van der Waals surface area contributed by atoms with Gasteiger partial charge < -0.3 is 15.4 Å². The number of aromatic nitrogens is 1. The lowest BCUT2D eigenvalue weighted by Gasteiger charge is -2.18. The summed E-state index contributed by atoms with van der Waals surface area (Å²) in [7, 11) is 3.48. The zero-order valence-electron chi connectivity index (χ0n) is 15.9. The maximum atomic E-state index is 5.47. The number of ether oxygens (including phenoxy) is 1. The summed E-state index contributed by atoms with van der Waals surface area (Å²) in [5.74, 6) is 1.68. The SMILES string of the molecule is CN=C(NCc1ncc(C)c(OC)c1C)NC(C)Cc1ccc(C)s1. The summed E-state index contributed by atoms with van der Waals surface area (Å²) in [6, 6.07) is 4.66. The summed E-state index contributed by atoms with van der Waals surface area (Å²) >= 11 is 1.84. The molecule has 136 valence electrons. The van der Waals surface area contributed by atoms with Gasteiger partial charge >= 0.3 is 0 Å². The van der Waals surface area contributed by atoms with E-state index in [4.69, 9.17) is 4.74 Å². The van der Waals surface area contributed by atoms with E-state index in [9.17, 15) is 0 Å².